The zero-order chi connectivity index (χ0) is 10.6. The van der Waals surface area contributed by atoms with E-state index in [4.69, 9.17) is 10.5 Å². The molecular weight excluding hydrogens is 196 g/mol. The van der Waals surface area contributed by atoms with Crippen molar-refractivity contribution >= 4 is 16.5 Å². The summed E-state index contributed by atoms with van der Waals surface area (Å²) in [4.78, 5) is 5.53. The summed E-state index contributed by atoms with van der Waals surface area (Å²) < 4.78 is 6.02. The molecule has 0 atom stereocenters. The van der Waals surface area contributed by atoms with Crippen molar-refractivity contribution < 1.29 is 4.74 Å². The first kappa shape index (κ1) is 9.93. The molecule has 2 N–H and O–H groups in total. The lowest BCUT2D eigenvalue weighted by Gasteiger charge is -2.40. The van der Waals surface area contributed by atoms with Crippen molar-refractivity contribution in [1.82, 2.24) is 4.98 Å². The highest BCUT2D eigenvalue weighted by Crippen LogP contribution is 2.43. The molecule has 0 amide bonds. The third-order valence-electron chi connectivity index (χ3n) is 2.39. The van der Waals surface area contributed by atoms with Gasteiger partial charge in [0.05, 0.1) is 21.8 Å². The standard InChI is InChI=1S/C10H16N2OS/c1-9(2)5-6-7(10(3,4)13-9)14-8(11)12-6/h5H2,1-4H3,(H2,11,12). The van der Waals surface area contributed by atoms with Gasteiger partial charge in [-0.2, -0.15) is 0 Å². The third kappa shape index (κ3) is 1.53. The molecular formula is C10H16N2OS. The van der Waals surface area contributed by atoms with Crippen LogP contribution in [0.5, 0.6) is 0 Å². The summed E-state index contributed by atoms with van der Waals surface area (Å²) in [6, 6.07) is 0. The minimum Gasteiger partial charge on any atom is -0.375 e. The maximum atomic E-state index is 6.02. The molecule has 0 bridgehead atoms. The van der Waals surface area contributed by atoms with Gasteiger partial charge in [-0.25, -0.2) is 4.98 Å². The van der Waals surface area contributed by atoms with E-state index in [0.717, 1.165) is 12.1 Å². The lowest BCUT2D eigenvalue weighted by molar-refractivity contribution is -0.136. The van der Waals surface area contributed by atoms with Gasteiger partial charge in [-0.1, -0.05) is 11.3 Å². The normalized spacial score (nSPS) is 23.1. The molecule has 0 aromatic carbocycles. The molecule has 1 aliphatic heterocycles. The maximum absolute atomic E-state index is 6.02. The minimum absolute atomic E-state index is 0.142. The van der Waals surface area contributed by atoms with Gasteiger partial charge in [0.15, 0.2) is 5.13 Å². The molecule has 14 heavy (non-hydrogen) atoms. The highest BCUT2D eigenvalue weighted by Gasteiger charge is 2.40. The van der Waals surface area contributed by atoms with Crippen LogP contribution in [0.25, 0.3) is 0 Å². The fraction of sp³-hybridized carbons (Fsp3) is 0.700. The van der Waals surface area contributed by atoms with Crippen molar-refractivity contribution in [2.24, 2.45) is 0 Å². The molecule has 0 unspecified atom stereocenters. The minimum atomic E-state index is -0.258. The van der Waals surface area contributed by atoms with Gasteiger partial charge in [0.1, 0.15) is 0 Å². The SMILES string of the molecule is CC1(C)Cc2nc(N)sc2C(C)(C)O1. The molecule has 0 fully saturated rings. The first-order valence-electron chi connectivity index (χ1n) is 4.76. The first-order chi connectivity index (χ1) is 6.30. The van der Waals surface area contributed by atoms with E-state index in [0.29, 0.717) is 5.13 Å². The van der Waals surface area contributed by atoms with E-state index < -0.39 is 0 Å². The van der Waals surface area contributed by atoms with E-state index in [1.807, 2.05) is 0 Å². The lowest BCUT2D eigenvalue weighted by Crippen LogP contribution is -2.41. The Kier molecular flexibility index (Phi) is 1.92. The van der Waals surface area contributed by atoms with E-state index in [2.05, 4.69) is 32.7 Å². The van der Waals surface area contributed by atoms with Crippen molar-refractivity contribution in [1.29, 1.82) is 0 Å². The molecule has 78 valence electrons. The van der Waals surface area contributed by atoms with Crippen LogP contribution >= 0.6 is 11.3 Å². The molecule has 4 heteroatoms. The quantitative estimate of drug-likeness (QED) is 0.718. The predicted octanol–water partition coefficient (Wildman–Crippen LogP) is 2.31. The molecule has 0 radical (unpaired) electrons. The fourth-order valence-corrected chi connectivity index (χ4v) is 3.02. The Morgan fingerprint density at radius 3 is 2.64 bits per heavy atom. The summed E-state index contributed by atoms with van der Waals surface area (Å²) in [5.41, 5.74) is 6.43. The average Bonchev–Trinajstić information content (AvgIpc) is 2.25. The Labute approximate surface area is 88.3 Å². The van der Waals surface area contributed by atoms with E-state index in [9.17, 15) is 0 Å². The highest BCUT2D eigenvalue weighted by molar-refractivity contribution is 7.15. The second-order valence-electron chi connectivity index (χ2n) is 4.88. The van der Waals surface area contributed by atoms with E-state index in [-0.39, 0.29) is 11.2 Å². The van der Waals surface area contributed by atoms with Crippen LogP contribution in [0.4, 0.5) is 5.13 Å². The zero-order valence-electron chi connectivity index (χ0n) is 9.05. The average molecular weight is 212 g/mol. The van der Waals surface area contributed by atoms with Crippen molar-refractivity contribution in [3.63, 3.8) is 0 Å². The topological polar surface area (TPSA) is 48.1 Å². The van der Waals surface area contributed by atoms with E-state index >= 15 is 0 Å². The van der Waals surface area contributed by atoms with Gasteiger partial charge in [0, 0.05) is 6.42 Å². The van der Waals surface area contributed by atoms with Crippen molar-refractivity contribution in [2.75, 3.05) is 5.73 Å². The molecule has 1 aliphatic rings. The number of aromatic nitrogens is 1. The Balaban J connectivity index is 2.52. The highest BCUT2D eigenvalue weighted by atomic mass is 32.1. The van der Waals surface area contributed by atoms with Crippen LogP contribution in [0.1, 0.15) is 38.3 Å². The number of rotatable bonds is 0. The zero-order valence-corrected chi connectivity index (χ0v) is 9.86. The summed E-state index contributed by atoms with van der Waals surface area (Å²) >= 11 is 1.54. The van der Waals surface area contributed by atoms with Crippen molar-refractivity contribution in [3.8, 4) is 0 Å². The number of nitrogens with zero attached hydrogens (tertiary/aromatic N) is 1. The van der Waals surface area contributed by atoms with Crippen molar-refractivity contribution in [2.45, 2.75) is 45.3 Å². The number of anilines is 1. The van der Waals surface area contributed by atoms with Gasteiger partial charge in [-0.3, -0.25) is 0 Å². The molecule has 1 aromatic heterocycles. The Morgan fingerprint density at radius 1 is 1.36 bits per heavy atom. The fourth-order valence-electron chi connectivity index (χ4n) is 2.14. The van der Waals surface area contributed by atoms with Gasteiger partial charge in [-0.05, 0) is 27.7 Å². The third-order valence-corrected chi connectivity index (χ3v) is 3.62. The number of fused-ring (bicyclic) bond motifs is 1. The molecule has 0 saturated carbocycles. The molecule has 0 saturated heterocycles. The predicted molar refractivity (Wildman–Crippen MR) is 58.4 cm³/mol. The van der Waals surface area contributed by atoms with E-state index in [1.54, 1.807) is 0 Å². The monoisotopic (exact) mass is 212 g/mol. The molecule has 0 spiro atoms. The van der Waals surface area contributed by atoms with Crippen LogP contribution in [0, 0.1) is 0 Å². The molecule has 3 nitrogen and oxygen atoms in total. The second kappa shape index (κ2) is 2.70. The van der Waals surface area contributed by atoms with Gasteiger partial charge in [0.2, 0.25) is 0 Å². The molecule has 0 aliphatic carbocycles. The smallest absolute Gasteiger partial charge is 0.180 e. The van der Waals surface area contributed by atoms with Crippen LogP contribution in [-0.4, -0.2) is 10.6 Å². The number of thiazole rings is 1. The van der Waals surface area contributed by atoms with Gasteiger partial charge in [0.25, 0.3) is 0 Å². The molecule has 1 aromatic rings. The number of nitrogen functional groups attached to an aromatic ring is 1. The van der Waals surface area contributed by atoms with Gasteiger partial charge >= 0.3 is 0 Å². The van der Waals surface area contributed by atoms with Crippen LogP contribution in [-0.2, 0) is 16.8 Å². The van der Waals surface area contributed by atoms with Gasteiger partial charge < -0.3 is 10.5 Å². The number of hydrogen-bond donors (Lipinski definition) is 1. The summed E-state index contributed by atoms with van der Waals surface area (Å²) in [7, 11) is 0. The summed E-state index contributed by atoms with van der Waals surface area (Å²) in [6.45, 7) is 8.33. The Bertz CT molecular complexity index is 368. The van der Waals surface area contributed by atoms with Crippen LogP contribution in [0.15, 0.2) is 0 Å². The van der Waals surface area contributed by atoms with Crippen LogP contribution in [0.2, 0.25) is 0 Å². The summed E-state index contributed by atoms with van der Waals surface area (Å²) in [5, 5.41) is 0.643. The van der Waals surface area contributed by atoms with Crippen molar-refractivity contribution in [3.05, 3.63) is 10.6 Å². The van der Waals surface area contributed by atoms with E-state index in [1.165, 1.54) is 16.2 Å². The maximum Gasteiger partial charge on any atom is 0.180 e. The second-order valence-corrected chi connectivity index (χ2v) is 5.91. The molecule has 2 rings (SSSR count). The Hall–Kier alpha value is -0.610. The number of hydrogen-bond acceptors (Lipinski definition) is 4. The Morgan fingerprint density at radius 2 is 2.00 bits per heavy atom. The summed E-state index contributed by atoms with van der Waals surface area (Å²) in [6.07, 6.45) is 0.847. The van der Waals surface area contributed by atoms with Crippen LogP contribution in [0.3, 0.4) is 0 Å². The number of ether oxygens (including phenoxy) is 1. The number of nitrogens with two attached hydrogens (primary N) is 1. The lowest BCUT2D eigenvalue weighted by atomic mass is 9.91. The largest absolute Gasteiger partial charge is 0.375 e. The molecule has 2 heterocycles. The van der Waals surface area contributed by atoms with Crippen LogP contribution < -0.4 is 5.73 Å². The van der Waals surface area contributed by atoms with Gasteiger partial charge in [-0.15, -0.1) is 0 Å². The first-order valence-corrected chi connectivity index (χ1v) is 5.58. The summed E-state index contributed by atoms with van der Waals surface area (Å²) in [5.74, 6) is 0.